The van der Waals surface area contributed by atoms with Gasteiger partial charge in [0.15, 0.2) is 0 Å². The maximum absolute atomic E-state index is 9.57. The van der Waals surface area contributed by atoms with E-state index in [1.165, 1.54) is 32.1 Å². The highest BCUT2D eigenvalue weighted by molar-refractivity contribution is 4.68. The van der Waals surface area contributed by atoms with Crippen molar-refractivity contribution in [2.75, 3.05) is 0 Å². The lowest BCUT2D eigenvalue weighted by Crippen LogP contribution is -2.17. The van der Waals surface area contributed by atoms with Gasteiger partial charge in [-0.1, -0.05) is 40.5 Å². The van der Waals surface area contributed by atoms with Crippen LogP contribution in [-0.4, -0.2) is 11.2 Å². The van der Waals surface area contributed by atoms with Crippen LogP contribution in [0, 0.1) is 11.3 Å². The highest BCUT2D eigenvalue weighted by atomic mass is 16.3. The van der Waals surface area contributed by atoms with Crippen molar-refractivity contribution in [2.24, 2.45) is 11.3 Å². The molecule has 1 heteroatoms. The van der Waals surface area contributed by atoms with Crippen LogP contribution in [0.2, 0.25) is 0 Å². The molecular weight excluding hydrogens is 172 g/mol. The van der Waals surface area contributed by atoms with Gasteiger partial charge in [-0.05, 0) is 37.5 Å². The van der Waals surface area contributed by atoms with Crippen molar-refractivity contribution in [2.45, 2.75) is 72.8 Å². The Morgan fingerprint density at radius 1 is 1.14 bits per heavy atom. The van der Waals surface area contributed by atoms with Crippen molar-refractivity contribution in [3.63, 3.8) is 0 Å². The SMILES string of the molecule is CCCC(CCCC(C)(C)C)C(C)O. The number of hydrogen-bond donors (Lipinski definition) is 1. The molecule has 0 rings (SSSR count). The van der Waals surface area contributed by atoms with Crippen LogP contribution < -0.4 is 0 Å². The Morgan fingerprint density at radius 3 is 2.07 bits per heavy atom. The summed E-state index contributed by atoms with van der Waals surface area (Å²) in [6.07, 6.45) is 5.92. The molecule has 1 nitrogen and oxygen atoms in total. The molecule has 0 fully saturated rings. The summed E-state index contributed by atoms with van der Waals surface area (Å²) in [7, 11) is 0. The predicted octanol–water partition coefficient (Wildman–Crippen LogP) is 4.00. The minimum Gasteiger partial charge on any atom is -0.393 e. The number of aliphatic hydroxyl groups excluding tert-OH is 1. The number of aliphatic hydroxyl groups is 1. The van der Waals surface area contributed by atoms with Crippen LogP contribution in [0.4, 0.5) is 0 Å². The molecule has 0 radical (unpaired) electrons. The Balaban J connectivity index is 3.72. The molecule has 86 valence electrons. The lowest BCUT2D eigenvalue weighted by molar-refractivity contribution is 0.110. The average Bonchev–Trinajstić information content (AvgIpc) is 2.00. The van der Waals surface area contributed by atoms with E-state index < -0.39 is 0 Å². The minimum atomic E-state index is -0.130. The Bertz CT molecular complexity index is 133. The van der Waals surface area contributed by atoms with Gasteiger partial charge in [0, 0.05) is 0 Å². The molecule has 1 N–H and O–H groups in total. The summed E-state index contributed by atoms with van der Waals surface area (Å²) in [5, 5.41) is 9.57. The summed E-state index contributed by atoms with van der Waals surface area (Å²) in [5.74, 6) is 0.516. The van der Waals surface area contributed by atoms with Crippen molar-refractivity contribution in [3.8, 4) is 0 Å². The molecule has 2 atom stereocenters. The molecule has 2 unspecified atom stereocenters. The van der Waals surface area contributed by atoms with Gasteiger partial charge in [0.25, 0.3) is 0 Å². The highest BCUT2D eigenvalue weighted by Gasteiger charge is 2.16. The quantitative estimate of drug-likeness (QED) is 0.687. The van der Waals surface area contributed by atoms with Crippen LogP contribution in [-0.2, 0) is 0 Å². The topological polar surface area (TPSA) is 20.2 Å². The minimum absolute atomic E-state index is 0.130. The van der Waals surface area contributed by atoms with Gasteiger partial charge in [0.05, 0.1) is 6.10 Å². The van der Waals surface area contributed by atoms with E-state index in [1.807, 2.05) is 6.92 Å². The van der Waals surface area contributed by atoms with E-state index in [4.69, 9.17) is 0 Å². The van der Waals surface area contributed by atoms with E-state index in [-0.39, 0.29) is 6.10 Å². The summed E-state index contributed by atoms with van der Waals surface area (Å²) in [6, 6.07) is 0. The molecule has 0 aromatic carbocycles. The normalized spacial score (nSPS) is 16.7. The predicted molar refractivity (Wildman–Crippen MR) is 63.4 cm³/mol. The van der Waals surface area contributed by atoms with Crippen molar-refractivity contribution in [1.82, 2.24) is 0 Å². The molecule has 0 bridgehead atoms. The fraction of sp³-hybridized carbons (Fsp3) is 1.00. The second kappa shape index (κ2) is 6.44. The Hall–Kier alpha value is -0.0400. The van der Waals surface area contributed by atoms with E-state index in [0.717, 1.165) is 0 Å². The summed E-state index contributed by atoms with van der Waals surface area (Å²) in [6.45, 7) is 11.0. The van der Waals surface area contributed by atoms with Gasteiger partial charge in [-0.3, -0.25) is 0 Å². The van der Waals surface area contributed by atoms with Crippen LogP contribution >= 0.6 is 0 Å². The van der Waals surface area contributed by atoms with Gasteiger partial charge in [0.2, 0.25) is 0 Å². The maximum atomic E-state index is 9.57. The second-order valence-corrected chi connectivity index (χ2v) is 5.74. The summed E-state index contributed by atoms with van der Waals surface area (Å²) in [5.41, 5.74) is 0.440. The molecule has 0 aliphatic rings. The first-order valence-electron chi connectivity index (χ1n) is 6.05. The van der Waals surface area contributed by atoms with Gasteiger partial charge in [-0.2, -0.15) is 0 Å². The van der Waals surface area contributed by atoms with Gasteiger partial charge < -0.3 is 5.11 Å². The maximum Gasteiger partial charge on any atom is 0.0540 e. The Morgan fingerprint density at radius 2 is 1.71 bits per heavy atom. The molecule has 0 spiro atoms. The Kier molecular flexibility index (Phi) is 6.43. The summed E-state index contributed by atoms with van der Waals surface area (Å²) < 4.78 is 0. The van der Waals surface area contributed by atoms with Crippen molar-refractivity contribution in [3.05, 3.63) is 0 Å². The summed E-state index contributed by atoms with van der Waals surface area (Å²) >= 11 is 0. The third kappa shape index (κ3) is 7.37. The van der Waals surface area contributed by atoms with Gasteiger partial charge >= 0.3 is 0 Å². The molecule has 0 aromatic heterocycles. The first-order chi connectivity index (χ1) is 6.37. The molecule has 0 aromatic rings. The molecule has 14 heavy (non-hydrogen) atoms. The third-order valence-corrected chi connectivity index (χ3v) is 2.84. The van der Waals surface area contributed by atoms with Gasteiger partial charge in [0.1, 0.15) is 0 Å². The molecule has 0 aliphatic heterocycles. The monoisotopic (exact) mass is 200 g/mol. The van der Waals surface area contributed by atoms with Crippen molar-refractivity contribution >= 4 is 0 Å². The highest BCUT2D eigenvalue weighted by Crippen LogP contribution is 2.25. The third-order valence-electron chi connectivity index (χ3n) is 2.84. The van der Waals surface area contributed by atoms with Crippen LogP contribution in [0.5, 0.6) is 0 Å². The van der Waals surface area contributed by atoms with Crippen LogP contribution in [0.1, 0.15) is 66.7 Å². The van der Waals surface area contributed by atoms with Crippen molar-refractivity contribution < 1.29 is 5.11 Å². The van der Waals surface area contributed by atoms with E-state index in [0.29, 0.717) is 11.3 Å². The fourth-order valence-corrected chi connectivity index (χ4v) is 1.89. The zero-order chi connectivity index (χ0) is 11.2. The zero-order valence-corrected chi connectivity index (χ0v) is 10.6. The lowest BCUT2D eigenvalue weighted by atomic mass is 9.85. The first-order valence-corrected chi connectivity index (χ1v) is 6.05. The van der Waals surface area contributed by atoms with Crippen LogP contribution in [0.15, 0.2) is 0 Å². The Labute approximate surface area is 89.9 Å². The van der Waals surface area contributed by atoms with Gasteiger partial charge in [-0.15, -0.1) is 0 Å². The molecule has 0 saturated heterocycles. The standard InChI is InChI=1S/C13H28O/c1-6-8-12(11(2)14)9-7-10-13(3,4)5/h11-12,14H,6-10H2,1-5H3. The van der Waals surface area contributed by atoms with Crippen LogP contribution in [0.3, 0.4) is 0 Å². The lowest BCUT2D eigenvalue weighted by Gasteiger charge is -2.22. The van der Waals surface area contributed by atoms with E-state index in [2.05, 4.69) is 27.7 Å². The zero-order valence-electron chi connectivity index (χ0n) is 10.6. The summed E-state index contributed by atoms with van der Waals surface area (Å²) in [4.78, 5) is 0. The molecule has 0 saturated carbocycles. The number of rotatable bonds is 6. The molecular formula is C13H28O. The molecule has 0 aliphatic carbocycles. The number of hydrogen-bond acceptors (Lipinski definition) is 1. The van der Waals surface area contributed by atoms with Gasteiger partial charge in [-0.25, -0.2) is 0 Å². The molecule has 0 amide bonds. The van der Waals surface area contributed by atoms with Crippen molar-refractivity contribution in [1.29, 1.82) is 0 Å². The first kappa shape index (κ1) is 14.0. The molecule has 0 heterocycles. The fourth-order valence-electron chi connectivity index (χ4n) is 1.89. The smallest absolute Gasteiger partial charge is 0.0540 e. The average molecular weight is 200 g/mol. The van der Waals surface area contributed by atoms with Crippen LogP contribution in [0.25, 0.3) is 0 Å². The second-order valence-electron chi connectivity index (χ2n) is 5.74. The van der Waals surface area contributed by atoms with E-state index in [1.54, 1.807) is 0 Å². The van der Waals surface area contributed by atoms with E-state index in [9.17, 15) is 5.11 Å². The van der Waals surface area contributed by atoms with E-state index >= 15 is 0 Å². The largest absolute Gasteiger partial charge is 0.393 e.